The number of nitrogens with zero attached hydrogens (tertiary/aromatic N) is 4. The maximum Gasteiger partial charge on any atom is 0.335 e. The minimum absolute atomic E-state index is 0.0608. The third kappa shape index (κ3) is 3.74. The lowest BCUT2D eigenvalue weighted by molar-refractivity contribution is -0.166. The van der Waals surface area contributed by atoms with Gasteiger partial charge in [-0.2, -0.15) is 9.61 Å². The molecular weight excluding hydrogens is 498 g/mol. The molecule has 3 aromatic heterocycles. The fourth-order valence-electron chi connectivity index (χ4n) is 4.68. The van der Waals surface area contributed by atoms with Crippen LogP contribution in [0.3, 0.4) is 0 Å². The Morgan fingerprint density at radius 2 is 1.88 bits per heavy atom. The Morgan fingerprint density at radius 3 is 2.50 bits per heavy atom. The molecule has 0 spiro atoms. The number of carbonyl (C=O) groups is 1. The SMILES string of the molecule is CO[C@]1(C(=O)O)CC[C@H](c2nc3c(-c4ccc(-c5ccccc5)nc4)cnn3c(N)c2Br)CC1. The first-order chi connectivity index (χ1) is 16.4. The van der Waals surface area contributed by atoms with Crippen LogP contribution in [0.2, 0.25) is 0 Å². The van der Waals surface area contributed by atoms with Gasteiger partial charge in [0.15, 0.2) is 11.2 Å². The molecule has 0 saturated heterocycles. The standard InChI is InChI=1S/C25H24BrN5O3/c1-34-25(24(32)33)11-9-16(10-12-25)21-20(26)22(27)31-23(30-21)18(14-29-31)17-7-8-19(28-13-17)15-5-3-2-4-6-15/h2-8,13-14,16H,9-12,27H2,1H3,(H,32,33)/t16-,25+. The van der Waals surface area contributed by atoms with Crippen molar-refractivity contribution in [1.29, 1.82) is 0 Å². The van der Waals surface area contributed by atoms with E-state index >= 15 is 0 Å². The Morgan fingerprint density at radius 1 is 1.15 bits per heavy atom. The highest BCUT2D eigenvalue weighted by molar-refractivity contribution is 9.10. The summed E-state index contributed by atoms with van der Waals surface area (Å²) in [5.74, 6) is -0.396. The number of aliphatic carboxylic acids is 1. The summed E-state index contributed by atoms with van der Waals surface area (Å²) in [5.41, 5.74) is 10.4. The van der Waals surface area contributed by atoms with Crippen molar-refractivity contribution in [3.63, 3.8) is 0 Å². The Bertz CT molecular complexity index is 1350. The van der Waals surface area contributed by atoms with E-state index in [-0.39, 0.29) is 5.92 Å². The highest BCUT2D eigenvalue weighted by Gasteiger charge is 2.43. The summed E-state index contributed by atoms with van der Waals surface area (Å²) >= 11 is 3.60. The average Bonchev–Trinajstić information content (AvgIpc) is 3.31. The minimum Gasteiger partial charge on any atom is -0.479 e. The van der Waals surface area contributed by atoms with Crippen LogP contribution in [0.15, 0.2) is 59.3 Å². The van der Waals surface area contributed by atoms with Crippen molar-refractivity contribution < 1.29 is 14.6 Å². The van der Waals surface area contributed by atoms with E-state index in [0.29, 0.717) is 41.6 Å². The lowest BCUT2D eigenvalue weighted by atomic mass is 9.77. The van der Waals surface area contributed by atoms with Crippen LogP contribution in [0, 0.1) is 0 Å². The molecule has 0 radical (unpaired) electrons. The summed E-state index contributed by atoms with van der Waals surface area (Å²) in [6.07, 6.45) is 5.67. The number of halogens is 1. The molecule has 0 unspecified atom stereocenters. The maximum atomic E-state index is 11.7. The first kappa shape index (κ1) is 22.5. The van der Waals surface area contributed by atoms with Crippen molar-refractivity contribution in [2.75, 3.05) is 12.8 Å². The Hall–Kier alpha value is -3.30. The van der Waals surface area contributed by atoms with Crippen LogP contribution in [-0.4, -0.2) is 43.4 Å². The third-order valence-electron chi connectivity index (χ3n) is 6.75. The molecule has 1 saturated carbocycles. The molecule has 3 heterocycles. The molecule has 8 nitrogen and oxygen atoms in total. The zero-order valence-electron chi connectivity index (χ0n) is 18.6. The second-order valence-electron chi connectivity index (χ2n) is 8.57. The molecule has 5 rings (SSSR count). The van der Waals surface area contributed by atoms with Crippen LogP contribution in [-0.2, 0) is 9.53 Å². The number of pyridine rings is 1. The van der Waals surface area contributed by atoms with Crippen LogP contribution < -0.4 is 5.73 Å². The summed E-state index contributed by atoms with van der Waals surface area (Å²) in [7, 11) is 1.46. The molecule has 0 atom stereocenters. The van der Waals surface area contributed by atoms with Gasteiger partial charge >= 0.3 is 5.97 Å². The average molecular weight is 522 g/mol. The molecule has 9 heteroatoms. The summed E-state index contributed by atoms with van der Waals surface area (Å²) in [6.45, 7) is 0. The number of nitrogens with two attached hydrogens (primary N) is 1. The number of hydrogen-bond donors (Lipinski definition) is 2. The Kier molecular flexibility index (Phi) is 5.83. The van der Waals surface area contributed by atoms with Gasteiger partial charge in [-0.1, -0.05) is 36.4 Å². The monoisotopic (exact) mass is 521 g/mol. The van der Waals surface area contributed by atoms with Gasteiger partial charge in [-0.15, -0.1) is 0 Å². The van der Waals surface area contributed by atoms with Gasteiger partial charge in [-0.3, -0.25) is 4.98 Å². The molecule has 0 aliphatic heterocycles. The number of aromatic nitrogens is 4. The van der Waals surface area contributed by atoms with Crippen LogP contribution in [0.4, 0.5) is 5.82 Å². The summed E-state index contributed by atoms with van der Waals surface area (Å²) < 4.78 is 7.69. The molecule has 34 heavy (non-hydrogen) atoms. The van der Waals surface area contributed by atoms with Crippen molar-refractivity contribution in [3.8, 4) is 22.4 Å². The van der Waals surface area contributed by atoms with Crippen molar-refractivity contribution in [3.05, 3.63) is 65.0 Å². The zero-order valence-corrected chi connectivity index (χ0v) is 20.2. The molecular formula is C25H24BrN5O3. The van der Waals surface area contributed by atoms with E-state index in [0.717, 1.165) is 28.1 Å². The number of carboxylic acid groups (broad SMARTS) is 1. The smallest absolute Gasteiger partial charge is 0.335 e. The van der Waals surface area contributed by atoms with Gasteiger partial charge in [0.25, 0.3) is 0 Å². The second-order valence-corrected chi connectivity index (χ2v) is 9.36. The number of fused-ring (bicyclic) bond motifs is 1. The number of benzene rings is 1. The zero-order chi connectivity index (χ0) is 23.9. The largest absolute Gasteiger partial charge is 0.479 e. The highest BCUT2D eigenvalue weighted by atomic mass is 79.9. The molecule has 3 N–H and O–H groups in total. The van der Waals surface area contributed by atoms with Crippen LogP contribution in [0.5, 0.6) is 0 Å². The van der Waals surface area contributed by atoms with Gasteiger partial charge < -0.3 is 15.6 Å². The molecule has 0 bridgehead atoms. The van der Waals surface area contributed by atoms with Crippen LogP contribution in [0.1, 0.15) is 37.3 Å². The van der Waals surface area contributed by atoms with E-state index in [4.69, 9.17) is 15.5 Å². The highest BCUT2D eigenvalue weighted by Crippen LogP contribution is 2.43. The molecule has 1 aromatic carbocycles. The lowest BCUT2D eigenvalue weighted by Gasteiger charge is -2.35. The predicted molar refractivity (Wildman–Crippen MR) is 132 cm³/mol. The van der Waals surface area contributed by atoms with Crippen molar-refractivity contribution in [2.45, 2.75) is 37.2 Å². The Balaban J connectivity index is 1.50. The number of carboxylic acids is 1. The molecule has 174 valence electrons. The van der Waals surface area contributed by atoms with E-state index in [1.54, 1.807) is 10.7 Å². The normalized spacial score (nSPS) is 20.5. The lowest BCUT2D eigenvalue weighted by Crippen LogP contribution is -2.43. The van der Waals surface area contributed by atoms with E-state index in [1.165, 1.54) is 7.11 Å². The first-order valence-electron chi connectivity index (χ1n) is 11.1. The van der Waals surface area contributed by atoms with Crippen molar-refractivity contribution >= 4 is 33.4 Å². The topological polar surface area (TPSA) is 116 Å². The molecule has 1 fully saturated rings. The van der Waals surface area contributed by atoms with Gasteiger partial charge in [0.05, 0.1) is 22.1 Å². The number of ether oxygens (including phenoxy) is 1. The first-order valence-corrected chi connectivity index (χ1v) is 11.9. The maximum absolute atomic E-state index is 11.7. The van der Waals surface area contributed by atoms with Crippen LogP contribution in [0.25, 0.3) is 28.0 Å². The van der Waals surface area contributed by atoms with Crippen molar-refractivity contribution in [1.82, 2.24) is 19.6 Å². The van der Waals surface area contributed by atoms with E-state index < -0.39 is 11.6 Å². The fourth-order valence-corrected chi connectivity index (χ4v) is 5.26. The third-order valence-corrected chi connectivity index (χ3v) is 7.57. The predicted octanol–water partition coefficient (Wildman–Crippen LogP) is 4.93. The van der Waals surface area contributed by atoms with E-state index in [9.17, 15) is 9.90 Å². The van der Waals surface area contributed by atoms with Gasteiger partial charge in [0.1, 0.15) is 5.82 Å². The van der Waals surface area contributed by atoms with Crippen LogP contribution >= 0.6 is 15.9 Å². The fraction of sp³-hybridized carbons (Fsp3) is 0.280. The van der Waals surface area contributed by atoms with Gasteiger partial charge in [-0.05, 0) is 47.7 Å². The number of rotatable bonds is 5. The van der Waals surface area contributed by atoms with Crippen molar-refractivity contribution in [2.24, 2.45) is 0 Å². The molecule has 1 aliphatic carbocycles. The number of methoxy groups -OCH3 is 1. The summed E-state index contributed by atoms with van der Waals surface area (Å²) in [6, 6.07) is 14.0. The quantitative estimate of drug-likeness (QED) is 0.382. The molecule has 4 aromatic rings. The summed E-state index contributed by atoms with van der Waals surface area (Å²) in [4.78, 5) is 21.3. The molecule has 0 amide bonds. The Labute approximate surface area is 204 Å². The number of hydrogen-bond acceptors (Lipinski definition) is 6. The van der Waals surface area contributed by atoms with E-state index in [1.807, 2.05) is 48.7 Å². The summed E-state index contributed by atoms with van der Waals surface area (Å²) in [5, 5.41) is 14.1. The second kappa shape index (κ2) is 8.81. The van der Waals surface area contributed by atoms with Gasteiger partial charge in [0, 0.05) is 35.9 Å². The molecule has 1 aliphatic rings. The van der Waals surface area contributed by atoms with E-state index in [2.05, 4.69) is 26.0 Å². The minimum atomic E-state index is -1.13. The van der Waals surface area contributed by atoms with Gasteiger partial charge in [0.2, 0.25) is 0 Å². The van der Waals surface area contributed by atoms with Gasteiger partial charge in [-0.25, -0.2) is 9.78 Å². The number of anilines is 1. The number of nitrogen functional groups attached to an aromatic ring is 1.